The summed E-state index contributed by atoms with van der Waals surface area (Å²) >= 11 is 9.66. The maximum Gasteiger partial charge on any atom is 0.133 e. The summed E-state index contributed by atoms with van der Waals surface area (Å²) in [5.74, 6) is 1.97. The molecule has 20 heavy (non-hydrogen) atoms. The summed E-state index contributed by atoms with van der Waals surface area (Å²) in [6.45, 7) is 0. The fourth-order valence-corrected chi connectivity index (χ4v) is 3.11. The average Bonchev–Trinajstić information content (AvgIpc) is 2.48. The number of rotatable bonds is 6. The van der Waals surface area contributed by atoms with Crippen LogP contribution in [0, 0.1) is 5.92 Å². The highest BCUT2D eigenvalue weighted by molar-refractivity contribution is 9.10. The molecular weight excluding hydrogens is 336 g/mol. The third-order valence-electron chi connectivity index (χ3n) is 3.33. The molecule has 0 aliphatic carbocycles. The summed E-state index contributed by atoms with van der Waals surface area (Å²) in [6, 6.07) is 16.7. The minimum Gasteiger partial charge on any atom is -0.496 e. The highest BCUT2D eigenvalue weighted by Crippen LogP contribution is 2.27. The van der Waals surface area contributed by atoms with Crippen LogP contribution in [0.4, 0.5) is 0 Å². The largest absolute Gasteiger partial charge is 0.496 e. The van der Waals surface area contributed by atoms with Crippen LogP contribution in [0.25, 0.3) is 0 Å². The lowest BCUT2D eigenvalue weighted by atomic mass is 9.94. The smallest absolute Gasteiger partial charge is 0.133 e. The third kappa shape index (κ3) is 4.26. The molecule has 0 spiro atoms. The van der Waals surface area contributed by atoms with Crippen molar-refractivity contribution in [1.29, 1.82) is 0 Å². The Morgan fingerprint density at radius 3 is 2.35 bits per heavy atom. The van der Waals surface area contributed by atoms with E-state index in [4.69, 9.17) is 16.3 Å². The van der Waals surface area contributed by atoms with Crippen LogP contribution in [0.15, 0.2) is 53.0 Å². The van der Waals surface area contributed by atoms with Gasteiger partial charge < -0.3 is 4.74 Å². The molecule has 2 aromatic carbocycles. The van der Waals surface area contributed by atoms with Gasteiger partial charge in [-0.3, -0.25) is 0 Å². The topological polar surface area (TPSA) is 9.23 Å². The number of hydrogen-bond acceptors (Lipinski definition) is 1. The molecular formula is C17H18BrClO. The van der Waals surface area contributed by atoms with Gasteiger partial charge in [0.05, 0.1) is 11.6 Å². The maximum absolute atomic E-state index is 6.13. The Labute approximate surface area is 134 Å². The molecule has 106 valence electrons. The van der Waals surface area contributed by atoms with Gasteiger partial charge in [-0.1, -0.05) is 36.4 Å². The van der Waals surface area contributed by atoms with Gasteiger partial charge in [-0.25, -0.2) is 0 Å². The Morgan fingerprint density at radius 2 is 1.75 bits per heavy atom. The number of halogens is 2. The van der Waals surface area contributed by atoms with E-state index in [1.165, 1.54) is 11.1 Å². The van der Waals surface area contributed by atoms with E-state index in [0.717, 1.165) is 23.1 Å². The van der Waals surface area contributed by atoms with Crippen molar-refractivity contribution >= 4 is 27.5 Å². The number of methoxy groups -OCH3 is 1. The lowest BCUT2D eigenvalue weighted by Gasteiger charge is -2.15. The Hall–Kier alpha value is -0.990. The Balaban J connectivity index is 2.04. The van der Waals surface area contributed by atoms with Crippen LogP contribution in [0.2, 0.25) is 0 Å². The van der Waals surface area contributed by atoms with Crippen LogP contribution in [-0.4, -0.2) is 13.0 Å². The second-order valence-corrected chi connectivity index (χ2v) is 6.05. The van der Waals surface area contributed by atoms with E-state index in [1.54, 1.807) is 7.11 Å². The zero-order valence-electron chi connectivity index (χ0n) is 11.5. The molecule has 1 unspecified atom stereocenters. The lowest BCUT2D eigenvalue weighted by molar-refractivity contribution is 0.412. The van der Waals surface area contributed by atoms with Gasteiger partial charge in [0.25, 0.3) is 0 Å². The summed E-state index contributed by atoms with van der Waals surface area (Å²) in [6.07, 6.45) is 1.98. The van der Waals surface area contributed by atoms with Gasteiger partial charge in [0.2, 0.25) is 0 Å². The van der Waals surface area contributed by atoms with Crippen LogP contribution in [-0.2, 0) is 12.8 Å². The molecule has 1 atom stereocenters. The molecule has 0 heterocycles. The standard InChI is InChI=1S/C17H18BrClO/c1-20-17-8-7-14(11-16(17)18)10-15(12-19)9-13-5-3-2-4-6-13/h2-8,11,15H,9-10,12H2,1H3. The van der Waals surface area contributed by atoms with Crippen molar-refractivity contribution in [2.75, 3.05) is 13.0 Å². The van der Waals surface area contributed by atoms with Crippen molar-refractivity contribution in [2.45, 2.75) is 12.8 Å². The van der Waals surface area contributed by atoms with Crippen LogP contribution in [0.3, 0.4) is 0 Å². The van der Waals surface area contributed by atoms with E-state index in [9.17, 15) is 0 Å². The minimum absolute atomic E-state index is 0.444. The van der Waals surface area contributed by atoms with E-state index in [2.05, 4.69) is 52.3 Å². The van der Waals surface area contributed by atoms with Gasteiger partial charge >= 0.3 is 0 Å². The molecule has 0 aromatic heterocycles. The summed E-state index contributed by atoms with van der Waals surface area (Å²) in [4.78, 5) is 0. The summed E-state index contributed by atoms with van der Waals surface area (Å²) in [5.41, 5.74) is 2.62. The zero-order valence-corrected chi connectivity index (χ0v) is 13.8. The van der Waals surface area contributed by atoms with E-state index in [-0.39, 0.29) is 0 Å². The van der Waals surface area contributed by atoms with E-state index < -0.39 is 0 Å². The predicted octanol–water partition coefficient (Wildman–Crippen LogP) is 5.10. The Kier molecular flexibility index (Phi) is 5.93. The summed E-state index contributed by atoms with van der Waals surface area (Å²) in [5, 5.41) is 0. The van der Waals surface area contributed by atoms with E-state index in [0.29, 0.717) is 11.8 Å². The first-order valence-electron chi connectivity index (χ1n) is 6.65. The first kappa shape index (κ1) is 15.4. The first-order chi connectivity index (χ1) is 9.72. The van der Waals surface area contributed by atoms with Crippen molar-refractivity contribution in [3.63, 3.8) is 0 Å². The molecule has 0 amide bonds. The second-order valence-electron chi connectivity index (χ2n) is 4.88. The van der Waals surface area contributed by atoms with Crippen molar-refractivity contribution in [3.8, 4) is 5.75 Å². The Morgan fingerprint density at radius 1 is 1.05 bits per heavy atom. The predicted molar refractivity (Wildman–Crippen MR) is 88.8 cm³/mol. The first-order valence-corrected chi connectivity index (χ1v) is 7.98. The van der Waals surface area contributed by atoms with Crippen molar-refractivity contribution in [1.82, 2.24) is 0 Å². The monoisotopic (exact) mass is 352 g/mol. The van der Waals surface area contributed by atoms with Crippen LogP contribution >= 0.6 is 27.5 Å². The van der Waals surface area contributed by atoms with Crippen LogP contribution < -0.4 is 4.74 Å². The van der Waals surface area contributed by atoms with E-state index >= 15 is 0 Å². The Bertz CT molecular complexity index is 542. The van der Waals surface area contributed by atoms with Crippen LogP contribution in [0.5, 0.6) is 5.75 Å². The van der Waals surface area contributed by atoms with Gasteiger partial charge in [0, 0.05) is 5.88 Å². The molecule has 0 bridgehead atoms. The normalized spacial score (nSPS) is 12.2. The fourth-order valence-electron chi connectivity index (χ4n) is 2.30. The van der Waals surface area contributed by atoms with Gasteiger partial charge in [0.1, 0.15) is 5.75 Å². The third-order valence-corrected chi connectivity index (χ3v) is 4.38. The summed E-state index contributed by atoms with van der Waals surface area (Å²) < 4.78 is 6.25. The highest BCUT2D eigenvalue weighted by atomic mass is 79.9. The molecule has 2 aromatic rings. The number of ether oxygens (including phenoxy) is 1. The molecule has 0 radical (unpaired) electrons. The zero-order chi connectivity index (χ0) is 14.4. The quantitative estimate of drug-likeness (QED) is 0.657. The van der Waals surface area contributed by atoms with Gasteiger partial charge in [0.15, 0.2) is 0 Å². The molecule has 0 fully saturated rings. The molecule has 1 nitrogen and oxygen atoms in total. The fraction of sp³-hybridized carbons (Fsp3) is 0.294. The number of hydrogen-bond donors (Lipinski definition) is 0. The van der Waals surface area contributed by atoms with Crippen molar-refractivity contribution in [2.24, 2.45) is 5.92 Å². The van der Waals surface area contributed by atoms with E-state index in [1.807, 2.05) is 12.1 Å². The maximum atomic E-state index is 6.13. The molecule has 2 rings (SSSR count). The van der Waals surface area contributed by atoms with Gasteiger partial charge in [-0.05, 0) is 57.9 Å². The van der Waals surface area contributed by atoms with Crippen molar-refractivity contribution in [3.05, 3.63) is 64.1 Å². The molecule has 0 aliphatic heterocycles. The molecule has 0 saturated heterocycles. The molecule has 0 saturated carbocycles. The average molecular weight is 354 g/mol. The van der Waals surface area contributed by atoms with Gasteiger partial charge in [-0.15, -0.1) is 11.6 Å². The summed E-state index contributed by atoms with van der Waals surface area (Å²) in [7, 11) is 1.68. The molecule has 0 N–H and O–H groups in total. The van der Waals surface area contributed by atoms with Gasteiger partial charge in [-0.2, -0.15) is 0 Å². The number of benzene rings is 2. The van der Waals surface area contributed by atoms with Crippen LogP contribution in [0.1, 0.15) is 11.1 Å². The van der Waals surface area contributed by atoms with Crippen molar-refractivity contribution < 1.29 is 4.74 Å². The highest BCUT2D eigenvalue weighted by Gasteiger charge is 2.11. The minimum atomic E-state index is 0.444. The number of alkyl halides is 1. The molecule has 3 heteroatoms. The SMILES string of the molecule is COc1ccc(CC(CCl)Cc2ccccc2)cc1Br. The lowest BCUT2D eigenvalue weighted by Crippen LogP contribution is -2.10. The molecule has 0 aliphatic rings. The second kappa shape index (κ2) is 7.70.